The largest absolute Gasteiger partial charge is 0.369 e. The highest BCUT2D eigenvalue weighted by atomic mass is 16.2. The zero-order valence-corrected chi connectivity index (χ0v) is 13.6. The van der Waals surface area contributed by atoms with Crippen LogP contribution in [0.15, 0.2) is 48.8 Å². The van der Waals surface area contributed by atoms with Crippen molar-refractivity contribution in [3.8, 4) is 0 Å². The summed E-state index contributed by atoms with van der Waals surface area (Å²) in [6.45, 7) is 6.21. The lowest BCUT2D eigenvalue weighted by Gasteiger charge is -2.07. The third-order valence-electron chi connectivity index (χ3n) is 3.92. The topological polar surface area (TPSA) is 52.7 Å². The normalized spacial score (nSPS) is 11.1. The van der Waals surface area contributed by atoms with E-state index in [1.165, 1.54) is 9.36 Å². The molecule has 5 nitrogen and oxygen atoms in total. The van der Waals surface area contributed by atoms with Gasteiger partial charge in [-0.05, 0) is 30.0 Å². The number of nitrogens with zero attached hydrogens (tertiary/aromatic N) is 4. The van der Waals surface area contributed by atoms with Crippen LogP contribution in [0.4, 0.5) is 4.79 Å². The van der Waals surface area contributed by atoms with Gasteiger partial charge in [-0.15, -0.1) is 0 Å². The van der Waals surface area contributed by atoms with Crippen LogP contribution in [-0.4, -0.2) is 25.6 Å². The third-order valence-corrected chi connectivity index (χ3v) is 3.92. The molecule has 0 aliphatic carbocycles. The van der Waals surface area contributed by atoms with Crippen LogP contribution in [0, 0.1) is 6.92 Å². The highest BCUT2D eigenvalue weighted by Crippen LogP contribution is 2.23. The second-order valence-electron chi connectivity index (χ2n) is 5.92. The van der Waals surface area contributed by atoms with Crippen LogP contribution in [0.5, 0.6) is 0 Å². The summed E-state index contributed by atoms with van der Waals surface area (Å²) in [6, 6.07) is 11.6. The van der Waals surface area contributed by atoms with Crippen molar-refractivity contribution in [3.63, 3.8) is 0 Å². The molecule has 0 bridgehead atoms. The lowest BCUT2D eigenvalue weighted by atomic mass is 10.0. The minimum Gasteiger partial charge on any atom is -0.244 e. The molecule has 3 rings (SSSR count). The number of aromatic nitrogens is 4. The molecule has 0 radical (unpaired) electrons. The van der Waals surface area contributed by atoms with Crippen LogP contribution in [0.1, 0.15) is 42.3 Å². The van der Waals surface area contributed by atoms with Gasteiger partial charge in [-0.2, -0.15) is 19.6 Å². The van der Waals surface area contributed by atoms with E-state index in [-0.39, 0.29) is 11.9 Å². The molecule has 118 valence electrons. The maximum absolute atomic E-state index is 12.7. The van der Waals surface area contributed by atoms with Gasteiger partial charge in [0.1, 0.15) is 0 Å². The summed E-state index contributed by atoms with van der Waals surface area (Å²) in [5.41, 5.74) is 4.10. The number of hydrogen-bond donors (Lipinski definition) is 0. The molecule has 0 saturated heterocycles. The van der Waals surface area contributed by atoms with E-state index in [2.05, 4.69) is 36.2 Å². The van der Waals surface area contributed by atoms with Crippen molar-refractivity contribution in [2.45, 2.75) is 33.1 Å². The fourth-order valence-electron chi connectivity index (χ4n) is 2.73. The Labute approximate surface area is 135 Å². The van der Waals surface area contributed by atoms with E-state index in [0.29, 0.717) is 6.42 Å². The second-order valence-corrected chi connectivity index (χ2v) is 5.92. The fraction of sp³-hybridized carbons (Fsp3) is 0.278. The summed E-state index contributed by atoms with van der Waals surface area (Å²) in [4.78, 5) is 12.7. The van der Waals surface area contributed by atoms with Crippen molar-refractivity contribution >= 4 is 6.03 Å². The number of carbonyl (C=O) groups is 1. The first-order valence-corrected chi connectivity index (χ1v) is 7.74. The van der Waals surface area contributed by atoms with Crippen molar-refractivity contribution in [1.29, 1.82) is 0 Å². The Morgan fingerprint density at radius 3 is 2.52 bits per heavy atom. The van der Waals surface area contributed by atoms with Gasteiger partial charge < -0.3 is 0 Å². The predicted octanol–water partition coefficient (Wildman–Crippen LogP) is 3.62. The van der Waals surface area contributed by atoms with Crippen molar-refractivity contribution < 1.29 is 4.79 Å². The minimum absolute atomic E-state index is 0.254. The lowest BCUT2D eigenvalue weighted by Crippen LogP contribution is -2.23. The second kappa shape index (κ2) is 6.20. The van der Waals surface area contributed by atoms with E-state index in [4.69, 9.17) is 0 Å². The van der Waals surface area contributed by atoms with Crippen molar-refractivity contribution in [2.24, 2.45) is 0 Å². The molecule has 0 unspecified atom stereocenters. The zero-order chi connectivity index (χ0) is 16.4. The van der Waals surface area contributed by atoms with Gasteiger partial charge in [-0.1, -0.05) is 44.2 Å². The van der Waals surface area contributed by atoms with E-state index < -0.39 is 0 Å². The van der Waals surface area contributed by atoms with Gasteiger partial charge >= 0.3 is 6.03 Å². The highest BCUT2D eigenvalue weighted by molar-refractivity contribution is 5.78. The van der Waals surface area contributed by atoms with E-state index in [9.17, 15) is 4.79 Å². The predicted molar refractivity (Wildman–Crippen MR) is 88.7 cm³/mol. The number of benzene rings is 1. The quantitative estimate of drug-likeness (QED) is 0.742. The number of hydrogen-bond acceptors (Lipinski definition) is 3. The number of rotatable bonds is 3. The molecule has 0 amide bonds. The molecule has 0 saturated carbocycles. The molecular formula is C18H20N4O. The monoisotopic (exact) mass is 308 g/mol. The smallest absolute Gasteiger partial charge is 0.244 e. The summed E-state index contributed by atoms with van der Waals surface area (Å²) in [6.07, 6.45) is 3.90. The number of carbonyl (C=O) groups excluding carboxylic acids is 1. The molecule has 0 atom stereocenters. The van der Waals surface area contributed by atoms with Crippen molar-refractivity contribution in [2.75, 3.05) is 0 Å². The van der Waals surface area contributed by atoms with Crippen LogP contribution in [0.25, 0.3) is 0 Å². The molecule has 2 aromatic heterocycles. The molecule has 0 aliphatic rings. The van der Waals surface area contributed by atoms with Crippen LogP contribution in [-0.2, 0) is 6.42 Å². The first-order valence-electron chi connectivity index (χ1n) is 7.74. The fourth-order valence-corrected chi connectivity index (χ4v) is 2.73. The van der Waals surface area contributed by atoms with Crippen LogP contribution in [0.3, 0.4) is 0 Å². The van der Waals surface area contributed by atoms with Gasteiger partial charge in [0.15, 0.2) is 0 Å². The van der Waals surface area contributed by atoms with Gasteiger partial charge in [0.05, 0.1) is 11.4 Å². The molecule has 5 heteroatoms. The molecule has 1 aromatic carbocycles. The van der Waals surface area contributed by atoms with Gasteiger partial charge in [-0.25, -0.2) is 4.79 Å². The van der Waals surface area contributed by atoms with Gasteiger partial charge in [0.2, 0.25) is 0 Å². The summed E-state index contributed by atoms with van der Waals surface area (Å²) in [5.74, 6) is 0.260. The molecule has 23 heavy (non-hydrogen) atoms. The summed E-state index contributed by atoms with van der Waals surface area (Å²) < 4.78 is 2.80. The highest BCUT2D eigenvalue weighted by Gasteiger charge is 2.22. The van der Waals surface area contributed by atoms with E-state index >= 15 is 0 Å². The van der Waals surface area contributed by atoms with Crippen molar-refractivity contribution in [1.82, 2.24) is 19.6 Å². The van der Waals surface area contributed by atoms with E-state index in [0.717, 1.165) is 22.5 Å². The Hall–Kier alpha value is -2.69. The molecular weight excluding hydrogens is 288 g/mol. The van der Waals surface area contributed by atoms with E-state index in [1.807, 2.05) is 25.1 Å². The zero-order valence-electron chi connectivity index (χ0n) is 13.6. The Balaban J connectivity index is 2.07. The van der Waals surface area contributed by atoms with Gasteiger partial charge in [-0.3, -0.25) is 0 Å². The summed E-state index contributed by atoms with van der Waals surface area (Å²) >= 11 is 0. The van der Waals surface area contributed by atoms with Crippen LogP contribution in [0.2, 0.25) is 0 Å². The minimum atomic E-state index is -0.254. The Kier molecular flexibility index (Phi) is 4.10. The third kappa shape index (κ3) is 2.95. The molecule has 3 aromatic rings. The van der Waals surface area contributed by atoms with Crippen molar-refractivity contribution in [3.05, 3.63) is 71.3 Å². The maximum atomic E-state index is 12.7. The van der Waals surface area contributed by atoms with Gasteiger partial charge in [0.25, 0.3) is 0 Å². The van der Waals surface area contributed by atoms with Crippen LogP contribution < -0.4 is 0 Å². The lowest BCUT2D eigenvalue weighted by molar-refractivity contribution is 0.237. The first-order chi connectivity index (χ1) is 11.1. The molecule has 0 aliphatic heterocycles. The first kappa shape index (κ1) is 15.2. The molecule has 0 fully saturated rings. The van der Waals surface area contributed by atoms with Crippen LogP contribution >= 0.6 is 0 Å². The Morgan fingerprint density at radius 2 is 1.91 bits per heavy atom. The molecule has 2 heterocycles. The van der Waals surface area contributed by atoms with E-state index in [1.54, 1.807) is 18.5 Å². The molecule has 0 spiro atoms. The SMILES string of the molecule is Cc1c(C(C)C)nn(C(=O)n2cccn2)c1Cc1ccccc1. The average molecular weight is 308 g/mol. The Morgan fingerprint density at radius 1 is 1.17 bits per heavy atom. The molecule has 0 N–H and O–H groups in total. The Bertz CT molecular complexity index is 801. The summed E-state index contributed by atoms with van der Waals surface area (Å²) in [7, 11) is 0. The van der Waals surface area contributed by atoms with Gasteiger partial charge in [0, 0.05) is 18.8 Å². The average Bonchev–Trinajstić information content (AvgIpc) is 3.17. The summed E-state index contributed by atoms with van der Waals surface area (Å²) in [5, 5.41) is 8.60. The maximum Gasteiger partial charge on any atom is 0.369 e. The standard InChI is InChI=1S/C18H20N4O/c1-13(2)17-14(3)16(12-15-8-5-4-6-9-15)22(20-17)18(23)21-11-7-10-19-21/h4-11,13H,12H2,1-3H3.